The highest BCUT2D eigenvalue weighted by atomic mass is 16.5. The highest BCUT2D eigenvalue weighted by Gasteiger charge is 2.38. The van der Waals surface area contributed by atoms with Crippen molar-refractivity contribution in [3.63, 3.8) is 0 Å². The minimum atomic E-state index is -0.932. The highest BCUT2D eigenvalue weighted by Crippen LogP contribution is 2.46. The number of hydrogen-bond acceptors (Lipinski definition) is 12. The minimum absolute atomic E-state index is 0.0189. The molecule has 4 aromatic carbocycles. The number of benzene rings is 2. The second-order valence-corrected chi connectivity index (χ2v) is 23.5. The van der Waals surface area contributed by atoms with Crippen LogP contribution in [0.25, 0.3) is 0 Å². The molecular formula is C80H94N8O8-2. The SMILES string of the molecule is CCCN(CCC)c1ccc(C2C([O-])C(c3ccc(N(CCC)CCOCC(C)=O)cc3)C2[O-])cc1.CCNC(=O)c1cc(C)cc(C(=O)NCc2ccccccc(CNC(=O)c3cc(C)cc(C(=O)NCc4ccccccc(C)cccccc4)n3)cccccc2)n1. The van der Waals surface area contributed by atoms with Gasteiger partial charge in [0.05, 0.1) is 6.61 Å². The maximum Gasteiger partial charge on any atom is 0.270 e. The van der Waals surface area contributed by atoms with Gasteiger partial charge in [-0.2, -0.15) is 0 Å². The number of carbonyl (C=O) groups excluding carboxylic acids is 5. The Balaban J connectivity index is 0.000000344. The molecule has 6 aromatic rings. The molecule has 0 spiro atoms. The normalized spacial score (nSPS) is 14.1. The van der Waals surface area contributed by atoms with Gasteiger partial charge in [-0.05, 0) is 153 Å². The largest absolute Gasteiger partial charge is 0.851 e. The van der Waals surface area contributed by atoms with Crippen LogP contribution >= 0.6 is 0 Å². The third kappa shape index (κ3) is 25.1. The van der Waals surface area contributed by atoms with Crippen LogP contribution in [0.2, 0.25) is 0 Å². The van der Waals surface area contributed by atoms with Crippen LogP contribution in [-0.2, 0) is 29.2 Å². The average molecular weight is 1300 g/mol. The topological polar surface area (TPSA) is 221 Å². The van der Waals surface area contributed by atoms with Crippen LogP contribution in [0.15, 0.2) is 218 Å². The van der Waals surface area contributed by atoms with Gasteiger partial charge in [0.15, 0.2) is 5.78 Å². The van der Waals surface area contributed by atoms with Gasteiger partial charge >= 0.3 is 0 Å². The van der Waals surface area contributed by atoms with Gasteiger partial charge in [0, 0.05) is 63.7 Å². The summed E-state index contributed by atoms with van der Waals surface area (Å²) in [5, 5.41) is 37.8. The van der Waals surface area contributed by atoms with Crippen LogP contribution in [0, 0.1) is 20.8 Å². The van der Waals surface area contributed by atoms with Crippen LogP contribution in [0.4, 0.5) is 11.4 Å². The zero-order valence-electron chi connectivity index (χ0n) is 56.8. The van der Waals surface area contributed by atoms with Gasteiger partial charge < -0.3 is 46.0 Å². The number of Topliss-reactive ketones (excluding diaryl/α,β-unsaturated/α-hetero) is 1. The Labute approximate surface area is 568 Å². The molecule has 2 heterocycles. The summed E-state index contributed by atoms with van der Waals surface area (Å²) < 4.78 is 5.43. The van der Waals surface area contributed by atoms with E-state index in [0.717, 1.165) is 94.8 Å². The summed E-state index contributed by atoms with van der Waals surface area (Å²) in [6.45, 7) is 20.8. The van der Waals surface area contributed by atoms with E-state index in [1.54, 1.807) is 24.3 Å². The number of amides is 4. The lowest BCUT2D eigenvalue weighted by Crippen LogP contribution is -2.63. The summed E-state index contributed by atoms with van der Waals surface area (Å²) in [7, 11) is 0. The monoisotopic (exact) mass is 1290 g/mol. The van der Waals surface area contributed by atoms with E-state index >= 15 is 0 Å². The molecule has 2 atom stereocenters. The van der Waals surface area contributed by atoms with Crippen molar-refractivity contribution in [3.8, 4) is 0 Å². The molecule has 1 saturated carbocycles. The highest BCUT2D eigenvalue weighted by molar-refractivity contribution is 5.97. The molecule has 0 bridgehead atoms. The number of aromatic nitrogens is 2. The number of nitrogens with zero attached hydrogens (tertiary/aromatic N) is 4. The van der Waals surface area contributed by atoms with Crippen molar-refractivity contribution < 1.29 is 38.9 Å². The predicted molar refractivity (Wildman–Crippen MR) is 380 cm³/mol. The molecule has 1 aliphatic rings. The summed E-state index contributed by atoms with van der Waals surface area (Å²) in [6, 6.07) is 68.4. The Bertz CT molecular complexity index is 3680. The molecule has 2 unspecified atom stereocenters. The number of pyridine rings is 2. The van der Waals surface area contributed by atoms with E-state index in [9.17, 15) is 34.2 Å². The summed E-state index contributed by atoms with van der Waals surface area (Å²) >= 11 is 0. The second kappa shape index (κ2) is 41.1. The van der Waals surface area contributed by atoms with Gasteiger partial charge in [-0.15, -0.1) is 12.2 Å². The van der Waals surface area contributed by atoms with E-state index in [4.69, 9.17) is 4.74 Å². The van der Waals surface area contributed by atoms with Gasteiger partial charge in [-0.1, -0.05) is 196 Å². The molecule has 504 valence electrons. The maximum absolute atomic E-state index is 13.3. The number of aryl methyl sites for hydroxylation is 3. The van der Waals surface area contributed by atoms with Crippen molar-refractivity contribution >= 4 is 40.8 Å². The molecule has 1 fully saturated rings. The zero-order valence-corrected chi connectivity index (χ0v) is 56.8. The first-order valence-electron chi connectivity index (χ1n) is 33.2. The van der Waals surface area contributed by atoms with E-state index < -0.39 is 30.0 Å². The minimum Gasteiger partial charge on any atom is -0.851 e. The van der Waals surface area contributed by atoms with Gasteiger partial charge in [-0.3, -0.25) is 24.0 Å². The predicted octanol–water partition coefficient (Wildman–Crippen LogP) is 11.9. The number of ketones is 1. The van der Waals surface area contributed by atoms with Crippen molar-refractivity contribution in [3.05, 3.63) is 286 Å². The summed E-state index contributed by atoms with van der Waals surface area (Å²) in [6.07, 6.45) is 1.29. The molecule has 2 aromatic heterocycles. The lowest BCUT2D eigenvalue weighted by atomic mass is 9.63. The van der Waals surface area contributed by atoms with Crippen LogP contribution in [-0.4, -0.2) is 97.5 Å². The van der Waals surface area contributed by atoms with Crippen molar-refractivity contribution in [1.82, 2.24) is 31.2 Å². The summed E-state index contributed by atoms with van der Waals surface area (Å²) in [4.78, 5) is 76.1. The fourth-order valence-electron chi connectivity index (χ4n) is 10.6. The maximum atomic E-state index is 13.3. The van der Waals surface area contributed by atoms with E-state index in [0.29, 0.717) is 19.7 Å². The fourth-order valence-corrected chi connectivity index (χ4v) is 10.6. The molecule has 0 radical (unpaired) electrons. The first kappa shape index (κ1) is 75.2. The Morgan fingerprint density at radius 1 is 0.406 bits per heavy atom. The van der Waals surface area contributed by atoms with E-state index in [1.807, 2.05) is 210 Å². The van der Waals surface area contributed by atoms with E-state index in [1.165, 1.54) is 6.92 Å². The van der Waals surface area contributed by atoms with Gasteiger partial charge in [0.1, 0.15) is 29.4 Å². The lowest BCUT2D eigenvalue weighted by Gasteiger charge is -2.61. The number of carbonyl (C=O) groups is 5. The van der Waals surface area contributed by atoms with Crippen LogP contribution in [0.3, 0.4) is 0 Å². The Morgan fingerprint density at radius 2 is 0.708 bits per heavy atom. The third-order valence-corrected chi connectivity index (χ3v) is 15.5. The van der Waals surface area contributed by atoms with Crippen LogP contribution in [0.5, 0.6) is 0 Å². The number of hydrogen-bond donors (Lipinski definition) is 4. The fraction of sp³-hybridized carbons (Fsp3) is 0.312. The third-order valence-electron chi connectivity index (χ3n) is 15.5. The number of anilines is 2. The molecule has 4 N–H and O–H groups in total. The molecule has 16 nitrogen and oxygen atoms in total. The quantitative estimate of drug-likeness (QED) is 0.0373. The van der Waals surface area contributed by atoms with Crippen LogP contribution < -0.4 is 41.3 Å². The Kier molecular flexibility index (Phi) is 32.2. The molecule has 0 aliphatic heterocycles. The second-order valence-electron chi connectivity index (χ2n) is 23.5. The molecule has 0 saturated heterocycles. The summed E-state index contributed by atoms with van der Waals surface area (Å²) in [5.74, 6) is -2.50. The number of ether oxygens (including phenoxy) is 1. The van der Waals surface area contributed by atoms with Crippen molar-refractivity contribution in [1.29, 1.82) is 0 Å². The summed E-state index contributed by atoms with van der Waals surface area (Å²) in [5.41, 5.74) is 9.71. The standard InChI is InChI=1S/C50H52N6O4.C30H42N2O4/c1-5-51-47(57)43-30-38(3)31-44(55-43)48(58)52-35-41-26-18-10-12-20-28-42(29-21-13-11-19-27-41)36-54-50(60)46-33-39(4)32-45(56-46)49(59)53-34-40-24-16-8-6-14-22-37(2)23-15-7-9-17-25-40;1-5-16-31(17-6-2)25-12-8-23(9-13-25)27-29(34)28(30(27)35)24-10-14-26(15-11-24)32(18-7-3)19-20-36-21-22(4)33/h6-33H,5,34-36H2,1-4H3,(H,51,57)(H,52,58)(H,53,59)(H,54,60);8-15,27-30H,5-7,16-21H2,1-4H3/q;-2. The van der Waals surface area contributed by atoms with Crippen molar-refractivity contribution in [2.75, 3.05) is 55.7 Å². The number of rotatable bonds is 26. The first-order valence-corrected chi connectivity index (χ1v) is 33.2. The van der Waals surface area contributed by atoms with Gasteiger partial charge in [0.25, 0.3) is 23.6 Å². The molecule has 7 rings (SSSR count). The smallest absolute Gasteiger partial charge is 0.270 e. The first-order chi connectivity index (χ1) is 46.5. The Hall–Kier alpha value is -9.87. The van der Waals surface area contributed by atoms with Gasteiger partial charge in [0.2, 0.25) is 0 Å². The zero-order chi connectivity index (χ0) is 69.0. The van der Waals surface area contributed by atoms with Crippen molar-refractivity contribution in [2.45, 2.75) is 118 Å². The van der Waals surface area contributed by atoms with E-state index in [2.05, 4.69) is 73.9 Å². The number of nitrogens with one attached hydrogen (secondary N) is 4. The molecular weight excluding hydrogens is 1200 g/mol. The average Bonchev–Trinajstić information content (AvgIpc) is 0.749. The molecule has 1 aliphatic carbocycles. The van der Waals surface area contributed by atoms with E-state index in [-0.39, 0.29) is 72.5 Å². The molecule has 16 heteroatoms. The molecule has 96 heavy (non-hydrogen) atoms. The van der Waals surface area contributed by atoms with Crippen molar-refractivity contribution in [2.24, 2.45) is 0 Å². The van der Waals surface area contributed by atoms with Gasteiger partial charge in [-0.25, -0.2) is 9.97 Å². The Morgan fingerprint density at radius 3 is 1.01 bits per heavy atom. The molecule has 4 amide bonds. The van der Waals surface area contributed by atoms with Crippen LogP contribution in [0.1, 0.15) is 152 Å². The lowest BCUT2D eigenvalue weighted by molar-refractivity contribution is -0.536.